The molecule has 0 aromatic heterocycles. The van der Waals surface area contributed by atoms with Crippen LogP contribution in [0.1, 0.15) is 39.0 Å². The zero-order chi connectivity index (χ0) is 20.7. The van der Waals surface area contributed by atoms with Gasteiger partial charge in [0.25, 0.3) is 6.47 Å². The number of nitrogens with zero attached hydrogens (tertiary/aromatic N) is 1. The molecule has 7 atom stereocenters. The first kappa shape index (κ1) is 20.6. The molecule has 4 aliphatic carbocycles. The van der Waals surface area contributed by atoms with Gasteiger partial charge in [-0.25, -0.2) is 0 Å². The van der Waals surface area contributed by atoms with Crippen LogP contribution in [0.4, 0.5) is 0 Å². The second kappa shape index (κ2) is 7.34. The maximum atomic E-state index is 13.1. The number of fused-ring (bicyclic) bond motifs is 3. The maximum absolute atomic E-state index is 13.1. The molecule has 3 fully saturated rings. The van der Waals surface area contributed by atoms with Crippen LogP contribution in [0.2, 0.25) is 0 Å². The molecule has 4 aliphatic rings. The summed E-state index contributed by atoms with van der Waals surface area (Å²) in [7, 11) is 0. The van der Waals surface area contributed by atoms with E-state index in [2.05, 4.69) is 18.0 Å². The van der Waals surface area contributed by atoms with Gasteiger partial charge in [0.05, 0.1) is 23.7 Å². The molecule has 0 aromatic rings. The number of carbonyl (C=O) groups is 2. The Morgan fingerprint density at radius 3 is 2.86 bits per heavy atom. The number of aliphatic hydroxyl groups excluding tert-OH is 1. The van der Waals surface area contributed by atoms with Crippen molar-refractivity contribution in [2.24, 2.45) is 29.1 Å². The number of rotatable bonds is 2. The van der Waals surface area contributed by atoms with Gasteiger partial charge in [0, 0.05) is 0 Å². The Balaban J connectivity index is 0.000000706. The number of allylic oxidation sites excluding steroid dienone is 1. The van der Waals surface area contributed by atoms with Crippen molar-refractivity contribution in [3.8, 4) is 6.07 Å². The molecule has 1 amide bonds. The second-order valence-corrected chi connectivity index (χ2v) is 8.66. The normalized spacial score (nSPS) is 42.9. The van der Waals surface area contributed by atoms with Gasteiger partial charge in [0.1, 0.15) is 6.54 Å². The van der Waals surface area contributed by atoms with Gasteiger partial charge in [-0.2, -0.15) is 5.26 Å². The maximum Gasteiger partial charge on any atom is 0.290 e. The predicted octanol–water partition coefficient (Wildman–Crippen LogP) is 1.38. The average molecular weight is 388 g/mol. The van der Waals surface area contributed by atoms with Crippen LogP contribution in [0.5, 0.6) is 0 Å². The van der Waals surface area contributed by atoms with E-state index in [1.807, 2.05) is 13.0 Å². The van der Waals surface area contributed by atoms with E-state index in [-0.39, 0.29) is 48.0 Å². The smallest absolute Gasteiger partial charge is 0.290 e. The highest BCUT2D eigenvalue weighted by Gasteiger charge is 2.69. The third-order valence-electron chi connectivity index (χ3n) is 7.52. The van der Waals surface area contributed by atoms with Crippen LogP contribution in [-0.2, 0) is 9.59 Å². The van der Waals surface area contributed by atoms with Gasteiger partial charge in [0.15, 0.2) is 0 Å². The standard InChI is InChI=1S/C20H26N2O3.CH2O2/c1-11-9-19-10-20(11,25)6-5-14(19)13-3-4-15(23)12(2)16(13)17(19)18(24)22-8-7-21;2-1-3/h3,12,14-17,23,25H,1,4-6,8-10H2,2H3,(H,22,24);1H,(H,2,3)/t12-,14?,15?,16?,17?,19?,20+;/m1./s1. The van der Waals surface area contributed by atoms with Gasteiger partial charge in [-0.3, -0.25) is 9.59 Å². The Kier molecular flexibility index (Phi) is 5.39. The van der Waals surface area contributed by atoms with Crippen LogP contribution in [0.15, 0.2) is 23.8 Å². The molecule has 7 heteroatoms. The zero-order valence-electron chi connectivity index (χ0n) is 16.1. The molecule has 3 saturated carbocycles. The van der Waals surface area contributed by atoms with Crippen molar-refractivity contribution < 1.29 is 24.9 Å². The lowest BCUT2D eigenvalue weighted by Gasteiger charge is -2.42. The first-order valence-electron chi connectivity index (χ1n) is 9.77. The minimum absolute atomic E-state index is 0.000214. The van der Waals surface area contributed by atoms with Crippen molar-refractivity contribution in [2.75, 3.05) is 6.54 Å². The number of nitriles is 1. The van der Waals surface area contributed by atoms with Gasteiger partial charge in [-0.05, 0) is 60.8 Å². The van der Waals surface area contributed by atoms with Crippen LogP contribution < -0.4 is 5.32 Å². The van der Waals surface area contributed by atoms with Gasteiger partial charge < -0.3 is 20.6 Å². The SMILES string of the molecule is C=C1CC23C[C@@]1(O)CCC2C1=CCC(O)[C@@H](C)C1C3C(=O)NCC#N.O=CO. The van der Waals surface area contributed by atoms with Crippen molar-refractivity contribution in [1.82, 2.24) is 5.32 Å². The summed E-state index contributed by atoms with van der Waals surface area (Å²) in [5.74, 6) is -0.168. The summed E-state index contributed by atoms with van der Waals surface area (Å²) in [6, 6.07) is 1.98. The molecule has 0 heterocycles. The first-order chi connectivity index (χ1) is 13.3. The lowest BCUT2D eigenvalue weighted by atomic mass is 9.63. The summed E-state index contributed by atoms with van der Waals surface area (Å²) in [6.45, 7) is 5.89. The quantitative estimate of drug-likeness (QED) is 0.321. The fourth-order valence-corrected chi connectivity index (χ4v) is 6.45. The molecule has 5 unspecified atom stereocenters. The Morgan fingerprint density at radius 1 is 1.54 bits per heavy atom. The summed E-state index contributed by atoms with van der Waals surface area (Å²) in [6.07, 6.45) is 5.14. The summed E-state index contributed by atoms with van der Waals surface area (Å²) >= 11 is 0. The predicted molar refractivity (Wildman–Crippen MR) is 101 cm³/mol. The van der Waals surface area contributed by atoms with Gasteiger partial charge in [-0.1, -0.05) is 25.2 Å². The number of hydrogen-bond acceptors (Lipinski definition) is 5. The Labute approximate surface area is 164 Å². The fraction of sp³-hybridized carbons (Fsp3) is 0.667. The molecule has 4 N–H and O–H groups in total. The van der Waals surface area contributed by atoms with Gasteiger partial charge in [-0.15, -0.1) is 0 Å². The molecule has 4 rings (SSSR count). The molecule has 0 radical (unpaired) electrons. The average Bonchev–Trinajstić information content (AvgIpc) is 3.03. The van der Waals surface area contributed by atoms with E-state index in [9.17, 15) is 15.0 Å². The summed E-state index contributed by atoms with van der Waals surface area (Å²) in [5, 5.41) is 39.9. The fourth-order valence-electron chi connectivity index (χ4n) is 6.45. The molecule has 1 spiro atoms. The van der Waals surface area contributed by atoms with Crippen LogP contribution in [-0.4, -0.2) is 45.9 Å². The number of amides is 1. The molecule has 0 aromatic carbocycles. The summed E-state index contributed by atoms with van der Waals surface area (Å²) in [4.78, 5) is 21.4. The highest BCUT2D eigenvalue weighted by Crippen LogP contribution is 2.71. The van der Waals surface area contributed by atoms with Crippen LogP contribution in [0.25, 0.3) is 0 Å². The lowest BCUT2D eigenvalue weighted by molar-refractivity contribution is -0.133. The number of hydrogen-bond donors (Lipinski definition) is 4. The minimum Gasteiger partial charge on any atom is -0.483 e. The Morgan fingerprint density at radius 2 is 2.21 bits per heavy atom. The summed E-state index contributed by atoms with van der Waals surface area (Å²) < 4.78 is 0. The molecule has 0 saturated heterocycles. The van der Waals surface area contributed by atoms with Crippen molar-refractivity contribution in [3.05, 3.63) is 23.8 Å². The van der Waals surface area contributed by atoms with Crippen LogP contribution in [0.3, 0.4) is 0 Å². The Hall–Kier alpha value is -2.17. The van der Waals surface area contributed by atoms with Crippen molar-refractivity contribution in [3.63, 3.8) is 0 Å². The van der Waals surface area contributed by atoms with Crippen molar-refractivity contribution >= 4 is 12.4 Å². The van der Waals surface area contributed by atoms with E-state index in [0.717, 1.165) is 12.0 Å². The van der Waals surface area contributed by atoms with E-state index in [4.69, 9.17) is 15.2 Å². The van der Waals surface area contributed by atoms with Crippen LogP contribution in [0, 0.1) is 40.4 Å². The number of nitrogens with one attached hydrogen (secondary N) is 1. The largest absolute Gasteiger partial charge is 0.483 e. The van der Waals surface area contributed by atoms with Crippen LogP contribution >= 0.6 is 0 Å². The van der Waals surface area contributed by atoms with Gasteiger partial charge in [0.2, 0.25) is 5.91 Å². The highest BCUT2D eigenvalue weighted by atomic mass is 16.3. The zero-order valence-corrected chi connectivity index (χ0v) is 16.1. The molecular weight excluding hydrogens is 360 g/mol. The van der Waals surface area contributed by atoms with E-state index >= 15 is 0 Å². The van der Waals surface area contributed by atoms with E-state index in [0.29, 0.717) is 25.7 Å². The lowest BCUT2D eigenvalue weighted by Crippen LogP contribution is -2.47. The molecule has 28 heavy (non-hydrogen) atoms. The van der Waals surface area contributed by atoms with E-state index < -0.39 is 11.7 Å². The number of carbonyl (C=O) groups excluding carboxylic acids is 1. The first-order valence-corrected chi connectivity index (χ1v) is 9.77. The third-order valence-corrected chi connectivity index (χ3v) is 7.52. The molecule has 0 aliphatic heterocycles. The van der Waals surface area contributed by atoms with Crippen molar-refractivity contribution in [2.45, 2.75) is 50.7 Å². The van der Waals surface area contributed by atoms with E-state index in [1.54, 1.807) is 0 Å². The molecule has 2 bridgehead atoms. The molecule has 152 valence electrons. The van der Waals surface area contributed by atoms with E-state index in [1.165, 1.54) is 5.57 Å². The second-order valence-electron chi connectivity index (χ2n) is 8.66. The van der Waals surface area contributed by atoms with Gasteiger partial charge >= 0.3 is 0 Å². The molecule has 7 nitrogen and oxygen atoms in total. The minimum atomic E-state index is -0.861. The number of carboxylic acid groups (broad SMARTS) is 1. The monoisotopic (exact) mass is 388 g/mol. The topological polar surface area (TPSA) is 131 Å². The Bertz CT molecular complexity index is 756. The third kappa shape index (κ3) is 2.87. The number of aliphatic hydroxyl groups is 2. The summed E-state index contributed by atoms with van der Waals surface area (Å²) in [5.41, 5.74) is 0.964. The highest BCUT2D eigenvalue weighted by molar-refractivity contribution is 5.82. The molecular formula is C21H28N2O5. The van der Waals surface area contributed by atoms with Crippen molar-refractivity contribution in [1.29, 1.82) is 5.26 Å².